The van der Waals surface area contributed by atoms with Crippen molar-refractivity contribution in [3.63, 3.8) is 0 Å². The van der Waals surface area contributed by atoms with Crippen molar-refractivity contribution >= 4 is 11.8 Å². The van der Waals surface area contributed by atoms with E-state index in [9.17, 15) is 9.59 Å². The van der Waals surface area contributed by atoms with Gasteiger partial charge in [0.25, 0.3) is 5.91 Å². The van der Waals surface area contributed by atoms with E-state index in [0.29, 0.717) is 6.54 Å². The summed E-state index contributed by atoms with van der Waals surface area (Å²) in [6, 6.07) is 2.48. The maximum absolute atomic E-state index is 12.4. The molecule has 0 bridgehead atoms. The quantitative estimate of drug-likeness (QED) is 0.808. The van der Waals surface area contributed by atoms with Crippen molar-refractivity contribution in [3.05, 3.63) is 42.9 Å². The highest BCUT2D eigenvalue weighted by Crippen LogP contribution is 2.06. The number of aromatic nitrogens is 2. The lowest BCUT2D eigenvalue weighted by Crippen LogP contribution is -2.52. The van der Waals surface area contributed by atoms with Gasteiger partial charge in [0.1, 0.15) is 6.04 Å². The van der Waals surface area contributed by atoms with E-state index in [0.717, 1.165) is 0 Å². The average Bonchev–Trinajstić information content (AvgIpc) is 3.16. The molecule has 7 heteroatoms. The minimum Gasteiger partial charge on any atom is -0.459 e. The van der Waals surface area contributed by atoms with E-state index in [1.807, 2.05) is 31.5 Å². The normalized spacial score (nSPS) is 13.6. The minimum atomic E-state index is -0.627. The van der Waals surface area contributed by atoms with Crippen LogP contribution in [-0.2, 0) is 11.3 Å². The molecule has 2 atom stereocenters. The summed E-state index contributed by atoms with van der Waals surface area (Å²) in [5.41, 5.74) is 0. The van der Waals surface area contributed by atoms with Crippen LogP contribution >= 0.6 is 0 Å². The van der Waals surface area contributed by atoms with Crippen molar-refractivity contribution in [2.45, 2.75) is 39.4 Å². The Morgan fingerprint density at radius 1 is 1.30 bits per heavy atom. The van der Waals surface area contributed by atoms with Crippen molar-refractivity contribution < 1.29 is 14.0 Å². The summed E-state index contributed by atoms with van der Waals surface area (Å²) in [6.45, 7) is 6.28. The average molecular weight is 318 g/mol. The second kappa shape index (κ2) is 7.62. The van der Waals surface area contributed by atoms with E-state index >= 15 is 0 Å². The monoisotopic (exact) mass is 318 g/mol. The van der Waals surface area contributed by atoms with Crippen LogP contribution in [-0.4, -0.2) is 33.4 Å². The van der Waals surface area contributed by atoms with Gasteiger partial charge in [0.2, 0.25) is 5.91 Å². The van der Waals surface area contributed by atoms with E-state index in [-0.39, 0.29) is 23.6 Å². The lowest BCUT2D eigenvalue weighted by atomic mass is 10.0. The Morgan fingerprint density at radius 2 is 2.09 bits per heavy atom. The van der Waals surface area contributed by atoms with Gasteiger partial charge in [-0.05, 0) is 25.0 Å². The molecule has 2 rings (SSSR count). The van der Waals surface area contributed by atoms with Crippen LogP contribution in [0.15, 0.2) is 41.5 Å². The van der Waals surface area contributed by atoms with Gasteiger partial charge in [0.15, 0.2) is 5.76 Å². The SMILES string of the molecule is CC(Cn1ccnc1)NC(=O)C(NC(=O)c1ccco1)C(C)C. The molecule has 2 N–H and O–H groups in total. The molecule has 124 valence electrons. The summed E-state index contributed by atoms with van der Waals surface area (Å²) in [4.78, 5) is 28.5. The number of nitrogens with zero attached hydrogens (tertiary/aromatic N) is 2. The molecule has 2 aromatic heterocycles. The van der Waals surface area contributed by atoms with Crippen LogP contribution in [0.4, 0.5) is 0 Å². The molecule has 0 radical (unpaired) electrons. The topological polar surface area (TPSA) is 89.2 Å². The molecule has 0 fully saturated rings. The predicted octanol–water partition coefficient (Wildman–Crippen LogP) is 1.44. The molecule has 0 saturated carbocycles. The van der Waals surface area contributed by atoms with E-state index in [1.54, 1.807) is 24.7 Å². The first kappa shape index (κ1) is 16.8. The van der Waals surface area contributed by atoms with Gasteiger partial charge < -0.3 is 19.6 Å². The van der Waals surface area contributed by atoms with Gasteiger partial charge in [0.05, 0.1) is 12.6 Å². The molecular weight excluding hydrogens is 296 g/mol. The van der Waals surface area contributed by atoms with Gasteiger partial charge in [-0.1, -0.05) is 13.8 Å². The fourth-order valence-corrected chi connectivity index (χ4v) is 2.24. The minimum absolute atomic E-state index is 0.0469. The number of carbonyl (C=O) groups is 2. The highest BCUT2D eigenvalue weighted by Gasteiger charge is 2.26. The van der Waals surface area contributed by atoms with Crippen LogP contribution in [0.2, 0.25) is 0 Å². The van der Waals surface area contributed by atoms with Crippen molar-refractivity contribution in [3.8, 4) is 0 Å². The van der Waals surface area contributed by atoms with Crippen molar-refractivity contribution in [2.75, 3.05) is 0 Å². The summed E-state index contributed by atoms with van der Waals surface area (Å²) in [6.07, 6.45) is 6.64. The lowest BCUT2D eigenvalue weighted by molar-refractivity contribution is -0.124. The second-order valence-electron chi connectivity index (χ2n) is 5.84. The summed E-state index contributed by atoms with van der Waals surface area (Å²) >= 11 is 0. The summed E-state index contributed by atoms with van der Waals surface area (Å²) in [5.74, 6) is -0.470. The number of nitrogens with one attached hydrogen (secondary N) is 2. The number of amides is 2. The maximum atomic E-state index is 12.4. The molecule has 0 saturated heterocycles. The molecule has 0 spiro atoms. The zero-order chi connectivity index (χ0) is 16.8. The van der Waals surface area contributed by atoms with Crippen molar-refractivity contribution in [1.82, 2.24) is 20.2 Å². The van der Waals surface area contributed by atoms with Crippen molar-refractivity contribution in [1.29, 1.82) is 0 Å². The Hall–Kier alpha value is -2.57. The number of hydrogen-bond acceptors (Lipinski definition) is 4. The number of furan rings is 1. The molecule has 2 unspecified atom stereocenters. The third kappa shape index (κ3) is 4.70. The Bertz CT molecular complexity index is 620. The van der Waals surface area contributed by atoms with Crippen LogP contribution in [0.3, 0.4) is 0 Å². The summed E-state index contributed by atoms with van der Waals surface area (Å²) < 4.78 is 6.94. The standard InChI is InChI=1S/C16H22N4O3/c1-11(2)14(19-15(21)13-5-4-8-23-13)16(22)18-12(3)9-20-7-6-17-10-20/h4-8,10-12,14H,9H2,1-3H3,(H,18,22)(H,19,21). The fourth-order valence-electron chi connectivity index (χ4n) is 2.24. The van der Waals surface area contributed by atoms with E-state index in [4.69, 9.17) is 4.42 Å². The Balaban J connectivity index is 1.94. The Morgan fingerprint density at radius 3 is 2.65 bits per heavy atom. The van der Waals surface area contributed by atoms with Crippen LogP contribution in [0.5, 0.6) is 0 Å². The molecule has 2 heterocycles. The fraction of sp³-hybridized carbons (Fsp3) is 0.438. The van der Waals surface area contributed by atoms with Gasteiger partial charge in [-0.15, -0.1) is 0 Å². The molecule has 2 amide bonds. The summed E-state index contributed by atoms with van der Waals surface area (Å²) in [5, 5.41) is 5.64. The second-order valence-corrected chi connectivity index (χ2v) is 5.84. The number of rotatable bonds is 7. The van der Waals surface area contributed by atoms with Gasteiger partial charge >= 0.3 is 0 Å². The van der Waals surface area contributed by atoms with Gasteiger partial charge in [-0.25, -0.2) is 4.98 Å². The summed E-state index contributed by atoms with van der Waals surface area (Å²) in [7, 11) is 0. The Kier molecular flexibility index (Phi) is 5.56. The first-order valence-electron chi connectivity index (χ1n) is 7.58. The maximum Gasteiger partial charge on any atom is 0.287 e. The first-order valence-corrected chi connectivity index (χ1v) is 7.58. The Labute approximate surface area is 135 Å². The third-order valence-electron chi connectivity index (χ3n) is 3.41. The highest BCUT2D eigenvalue weighted by atomic mass is 16.3. The van der Waals surface area contributed by atoms with Crippen LogP contribution < -0.4 is 10.6 Å². The molecular formula is C16H22N4O3. The van der Waals surface area contributed by atoms with Gasteiger partial charge in [0, 0.05) is 25.0 Å². The van der Waals surface area contributed by atoms with Gasteiger partial charge in [-0.2, -0.15) is 0 Å². The molecule has 0 aliphatic carbocycles. The zero-order valence-electron chi connectivity index (χ0n) is 13.5. The molecule has 0 aliphatic heterocycles. The lowest BCUT2D eigenvalue weighted by Gasteiger charge is -2.23. The van der Waals surface area contributed by atoms with Gasteiger partial charge in [-0.3, -0.25) is 9.59 Å². The molecule has 0 aliphatic rings. The van der Waals surface area contributed by atoms with Crippen LogP contribution in [0, 0.1) is 5.92 Å². The molecule has 0 aromatic carbocycles. The van der Waals surface area contributed by atoms with Crippen LogP contribution in [0.25, 0.3) is 0 Å². The predicted molar refractivity (Wildman–Crippen MR) is 84.6 cm³/mol. The smallest absolute Gasteiger partial charge is 0.287 e. The molecule has 7 nitrogen and oxygen atoms in total. The first-order chi connectivity index (χ1) is 11.0. The largest absolute Gasteiger partial charge is 0.459 e. The zero-order valence-corrected chi connectivity index (χ0v) is 13.5. The number of hydrogen-bond donors (Lipinski definition) is 2. The number of carbonyl (C=O) groups excluding carboxylic acids is 2. The van der Waals surface area contributed by atoms with Crippen LogP contribution in [0.1, 0.15) is 31.3 Å². The van der Waals surface area contributed by atoms with E-state index < -0.39 is 11.9 Å². The third-order valence-corrected chi connectivity index (χ3v) is 3.41. The molecule has 2 aromatic rings. The van der Waals surface area contributed by atoms with E-state index in [2.05, 4.69) is 15.6 Å². The van der Waals surface area contributed by atoms with E-state index in [1.165, 1.54) is 6.26 Å². The number of imidazole rings is 1. The molecule has 23 heavy (non-hydrogen) atoms. The van der Waals surface area contributed by atoms with Crippen molar-refractivity contribution in [2.24, 2.45) is 5.92 Å². The highest BCUT2D eigenvalue weighted by molar-refractivity contribution is 5.95.